The maximum atomic E-state index is 6.62. The summed E-state index contributed by atoms with van der Waals surface area (Å²) in [6.07, 6.45) is 7.55. The van der Waals surface area contributed by atoms with E-state index in [1.165, 1.54) is 57.9 Å². The maximum Gasteiger partial charge on any atom is 0.188 e. The first-order chi connectivity index (χ1) is 21.0. The molecule has 228 valence electrons. The first-order valence-electron chi connectivity index (χ1n) is 15.8. The van der Waals surface area contributed by atoms with Crippen LogP contribution >= 0.6 is 8.58 Å². The van der Waals surface area contributed by atoms with Crippen LogP contribution in [-0.4, -0.2) is 32.9 Å². The van der Waals surface area contributed by atoms with Crippen LogP contribution in [-0.2, 0) is 29.3 Å². The number of rotatable bonds is 17. The summed E-state index contributed by atoms with van der Waals surface area (Å²) in [6.45, 7) is 5.86. The van der Waals surface area contributed by atoms with E-state index in [9.17, 15) is 0 Å². The number of benzene rings is 4. The second-order valence-corrected chi connectivity index (χ2v) is 13.7. The number of methoxy groups -OCH3 is 1. The minimum absolute atomic E-state index is 0.0429. The number of unbranched alkanes of at least 4 members (excludes halogenated alkanes) is 2. The topological polar surface area (TPSA) is 21.7 Å². The van der Waals surface area contributed by atoms with E-state index in [2.05, 4.69) is 130 Å². The van der Waals surface area contributed by atoms with E-state index in [-0.39, 0.29) is 11.9 Å². The Bertz CT molecular complexity index is 1390. The van der Waals surface area contributed by atoms with Gasteiger partial charge in [-0.3, -0.25) is 0 Å². The third-order valence-corrected chi connectivity index (χ3v) is 10.3. The van der Waals surface area contributed by atoms with Crippen LogP contribution in [0.25, 0.3) is 0 Å². The molecule has 4 heteroatoms. The third-order valence-electron chi connectivity index (χ3n) is 8.24. The Labute approximate surface area is 262 Å². The zero-order valence-electron chi connectivity index (χ0n) is 26.9. The van der Waals surface area contributed by atoms with Crippen LogP contribution in [0, 0.1) is 0 Å². The highest BCUT2D eigenvalue weighted by atomic mass is 31.1. The average molecular weight is 596 g/mol. The van der Waals surface area contributed by atoms with Crippen molar-refractivity contribution in [3.05, 3.63) is 130 Å². The summed E-state index contributed by atoms with van der Waals surface area (Å²) in [4.78, 5) is 2.28. The third kappa shape index (κ3) is 9.26. The summed E-state index contributed by atoms with van der Waals surface area (Å²) in [6, 6.07) is 35.5. The van der Waals surface area contributed by atoms with E-state index in [1.807, 2.05) is 0 Å². The van der Waals surface area contributed by atoms with Gasteiger partial charge in [-0.15, -0.1) is 0 Å². The van der Waals surface area contributed by atoms with Crippen molar-refractivity contribution in [1.82, 2.24) is 4.90 Å². The first-order valence-corrected chi connectivity index (χ1v) is 16.8. The number of nitrogens with zero attached hydrogens (tertiary/aromatic N) is 1. The van der Waals surface area contributed by atoms with Crippen LogP contribution in [0.15, 0.2) is 97.1 Å². The maximum absolute atomic E-state index is 6.62. The molecule has 0 aliphatic rings. The highest BCUT2D eigenvalue weighted by molar-refractivity contribution is 7.48. The summed E-state index contributed by atoms with van der Waals surface area (Å²) < 4.78 is 12.1. The molecule has 4 rings (SSSR count). The van der Waals surface area contributed by atoms with Gasteiger partial charge in [0.05, 0.1) is 0 Å². The van der Waals surface area contributed by atoms with Crippen LogP contribution in [0.3, 0.4) is 0 Å². The Morgan fingerprint density at radius 3 is 2.00 bits per heavy atom. The Balaban J connectivity index is 1.93. The van der Waals surface area contributed by atoms with E-state index in [4.69, 9.17) is 9.47 Å². The van der Waals surface area contributed by atoms with Crippen LogP contribution in [0.2, 0.25) is 0 Å². The average Bonchev–Trinajstić information content (AvgIpc) is 3.01. The van der Waals surface area contributed by atoms with Crippen molar-refractivity contribution in [2.45, 2.75) is 70.5 Å². The molecular weight excluding hydrogens is 545 g/mol. The molecule has 3 nitrogen and oxygen atoms in total. The molecular formula is C39H50NO2P. The molecule has 0 heterocycles. The van der Waals surface area contributed by atoms with Gasteiger partial charge in [-0.25, -0.2) is 0 Å². The summed E-state index contributed by atoms with van der Waals surface area (Å²) in [5.74, 6) is 1.01. The molecule has 0 saturated heterocycles. The Kier molecular flexibility index (Phi) is 12.8. The zero-order valence-corrected chi connectivity index (χ0v) is 27.9. The van der Waals surface area contributed by atoms with Gasteiger partial charge in [-0.1, -0.05) is 139 Å². The van der Waals surface area contributed by atoms with Gasteiger partial charge in [0.2, 0.25) is 0 Å². The van der Waals surface area contributed by atoms with E-state index >= 15 is 0 Å². The Morgan fingerprint density at radius 2 is 1.37 bits per heavy atom. The van der Waals surface area contributed by atoms with Crippen molar-refractivity contribution >= 4 is 13.9 Å². The standard InChI is InChI=1S/C39H50NO2P/c1-6-8-17-24-39(7-2,43-37-23-16-15-22-34(37)29-40(3)4)36-28-33(25-31-18-11-9-12-19-31)27-35(38(36)42-30-41-5)26-32-20-13-10-14-21-32/h9-16,18-23,27-28,43H,6-8,17,24-26,29-30H2,1-5H3. The van der Waals surface area contributed by atoms with Crippen molar-refractivity contribution in [3.63, 3.8) is 0 Å². The lowest BCUT2D eigenvalue weighted by atomic mass is 9.84. The molecule has 0 aliphatic heterocycles. The fourth-order valence-corrected chi connectivity index (χ4v) is 7.87. The number of hydrogen-bond acceptors (Lipinski definition) is 3. The van der Waals surface area contributed by atoms with E-state index in [0.29, 0.717) is 8.58 Å². The molecule has 0 N–H and O–H groups in total. The van der Waals surface area contributed by atoms with E-state index in [0.717, 1.165) is 38.0 Å². The molecule has 0 fully saturated rings. The molecule has 0 amide bonds. The summed E-state index contributed by atoms with van der Waals surface area (Å²) >= 11 is 0. The smallest absolute Gasteiger partial charge is 0.188 e. The second kappa shape index (κ2) is 16.8. The van der Waals surface area contributed by atoms with Crippen molar-refractivity contribution < 1.29 is 9.47 Å². The lowest BCUT2D eigenvalue weighted by Gasteiger charge is -2.37. The lowest BCUT2D eigenvalue weighted by molar-refractivity contribution is 0.0492. The van der Waals surface area contributed by atoms with Gasteiger partial charge in [0.25, 0.3) is 0 Å². The first kappa shape index (κ1) is 32.9. The fourth-order valence-electron chi connectivity index (χ4n) is 6.05. The summed E-state index contributed by atoms with van der Waals surface area (Å²) in [5, 5.41) is 1.42. The predicted octanol–water partition coefficient (Wildman–Crippen LogP) is 9.10. The quantitative estimate of drug-likeness (QED) is 0.0690. The van der Waals surface area contributed by atoms with Gasteiger partial charge in [0.15, 0.2) is 6.79 Å². The van der Waals surface area contributed by atoms with E-state index < -0.39 is 0 Å². The number of ether oxygens (including phenoxy) is 2. The van der Waals surface area contributed by atoms with Gasteiger partial charge in [0, 0.05) is 30.8 Å². The molecule has 0 aromatic heterocycles. The molecule has 0 aliphatic carbocycles. The predicted molar refractivity (Wildman–Crippen MR) is 185 cm³/mol. The number of hydrogen-bond donors (Lipinski definition) is 0. The van der Waals surface area contributed by atoms with Crippen LogP contribution in [0.1, 0.15) is 79.3 Å². The molecule has 0 spiro atoms. The molecule has 43 heavy (non-hydrogen) atoms. The molecule has 4 aromatic rings. The summed E-state index contributed by atoms with van der Waals surface area (Å²) in [5.41, 5.74) is 7.97. The van der Waals surface area contributed by atoms with Gasteiger partial charge < -0.3 is 14.4 Å². The Morgan fingerprint density at radius 1 is 0.721 bits per heavy atom. The molecule has 2 atom stereocenters. The monoisotopic (exact) mass is 595 g/mol. The van der Waals surface area contributed by atoms with Crippen molar-refractivity contribution in [3.8, 4) is 5.75 Å². The highest BCUT2D eigenvalue weighted by Gasteiger charge is 2.35. The molecule has 2 unspecified atom stereocenters. The highest BCUT2D eigenvalue weighted by Crippen LogP contribution is 2.53. The molecule has 0 radical (unpaired) electrons. The van der Waals surface area contributed by atoms with Crippen molar-refractivity contribution in [1.29, 1.82) is 0 Å². The van der Waals surface area contributed by atoms with Crippen LogP contribution in [0.4, 0.5) is 0 Å². The van der Waals surface area contributed by atoms with Crippen LogP contribution in [0.5, 0.6) is 5.75 Å². The largest absolute Gasteiger partial charge is 0.467 e. The van der Waals surface area contributed by atoms with Gasteiger partial charge in [0.1, 0.15) is 5.75 Å². The van der Waals surface area contributed by atoms with Crippen LogP contribution < -0.4 is 10.0 Å². The molecule has 0 saturated carbocycles. The minimum atomic E-state index is -0.0429. The SMILES string of the molecule is CCCCCC(CC)(Pc1ccccc1CN(C)C)c1cc(Cc2ccccc2)cc(Cc2ccccc2)c1OCOC. The van der Waals surface area contributed by atoms with Gasteiger partial charge >= 0.3 is 0 Å². The minimum Gasteiger partial charge on any atom is -0.467 e. The zero-order chi connectivity index (χ0) is 30.5. The van der Waals surface area contributed by atoms with Crippen molar-refractivity contribution in [2.24, 2.45) is 0 Å². The normalized spacial score (nSPS) is 13.1. The van der Waals surface area contributed by atoms with E-state index in [1.54, 1.807) is 7.11 Å². The van der Waals surface area contributed by atoms with Gasteiger partial charge in [-0.2, -0.15) is 0 Å². The second-order valence-electron chi connectivity index (χ2n) is 11.9. The summed E-state index contributed by atoms with van der Waals surface area (Å²) in [7, 11) is 6.67. The lowest BCUT2D eigenvalue weighted by Crippen LogP contribution is -2.27. The van der Waals surface area contributed by atoms with Gasteiger partial charge in [-0.05, 0) is 66.5 Å². The Hall–Kier alpha value is -2.97. The fraction of sp³-hybridized carbons (Fsp3) is 0.385. The molecule has 4 aromatic carbocycles. The molecule has 0 bridgehead atoms. The van der Waals surface area contributed by atoms with Crippen molar-refractivity contribution in [2.75, 3.05) is 28.0 Å².